The van der Waals surface area contributed by atoms with E-state index in [0.29, 0.717) is 17.0 Å². The van der Waals surface area contributed by atoms with E-state index in [1.165, 1.54) is 0 Å². The van der Waals surface area contributed by atoms with E-state index in [4.69, 9.17) is 4.74 Å². The summed E-state index contributed by atoms with van der Waals surface area (Å²) in [7, 11) is 1.62. The number of para-hydroxylation sites is 1. The molecule has 2 aromatic heterocycles. The van der Waals surface area contributed by atoms with Crippen LogP contribution in [0.1, 0.15) is 59.3 Å². The summed E-state index contributed by atoms with van der Waals surface area (Å²) in [6, 6.07) is 7.52. The molecule has 0 spiro atoms. The minimum absolute atomic E-state index is 0.0896. The van der Waals surface area contributed by atoms with Gasteiger partial charge < -0.3 is 10.1 Å². The van der Waals surface area contributed by atoms with E-state index >= 15 is 0 Å². The lowest BCUT2D eigenvalue weighted by molar-refractivity contribution is 0.0934. The zero-order valence-corrected chi connectivity index (χ0v) is 17.5. The quantitative estimate of drug-likeness (QED) is 0.693. The van der Waals surface area contributed by atoms with Crippen LogP contribution in [0.25, 0.3) is 10.9 Å². The average Bonchev–Trinajstić information content (AvgIpc) is 2.98. The maximum Gasteiger partial charge on any atom is 0.253 e. The predicted octanol–water partition coefficient (Wildman–Crippen LogP) is 4.27. The summed E-state index contributed by atoms with van der Waals surface area (Å²) in [4.78, 5) is 17.7. The number of carbonyl (C=O) groups is 1. The smallest absolute Gasteiger partial charge is 0.253 e. The SMILES string of the molecule is CC[C@@H](NC(=O)c1cc2cccc(OC)c2nc1C)c1c(C)nn(CC)c1C. The molecule has 3 aromatic rings. The first kappa shape index (κ1) is 19.9. The van der Waals surface area contributed by atoms with E-state index in [2.05, 4.69) is 36.2 Å². The van der Waals surface area contributed by atoms with Crippen molar-refractivity contribution in [1.29, 1.82) is 0 Å². The summed E-state index contributed by atoms with van der Waals surface area (Å²) in [6.07, 6.45) is 0.788. The molecule has 148 valence electrons. The van der Waals surface area contributed by atoms with Gasteiger partial charge in [0.05, 0.1) is 30.1 Å². The van der Waals surface area contributed by atoms with Gasteiger partial charge in [0.15, 0.2) is 0 Å². The molecule has 1 amide bonds. The highest BCUT2D eigenvalue weighted by Crippen LogP contribution is 2.27. The highest BCUT2D eigenvalue weighted by atomic mass is 16.5. The van der Waals surface area contributed by atoms with Crippen LogP contribution in [0.4, 0.5) is 0 Å². The largest absolute Gasteiger partial charge is 0.494 e. The maximum absolute atomic E-state index is 13.1. The molecule has 0 fully saturated rings. The molecular formula is C22H28N4O2. The Morgan fingerprint density at radius 2 is 1.96 bits per heavy atom. The molecule has 1 N–H and O–H groups in total. The lowest BCUT2D eigenvalue weighted by Crippen LogP contribution is -2.29. The molecule has 0 aliphatic carbocycles. The molecule has 28 heavy (non-hydrogen) atoms. The van der Waals surface area contributed by atoms with Crippen molar-refractivity contribution in [2.45, 2.75) is 53.6 Å². The fourth-order valence-corrected chi connectivity index (χ4v) is 3.80. The first-order chi connectivity index (χ1) is 13.4. The second kappa shape index (κ2) is 8.00. The molecule has 0 unspecified atom stereocenters. The van der Waals surface area contributed by atoms with Gasteiger partial charge in [0.25, 0.3) is 5.91 Å². The number of nitrogens with one attached hydrogen (secondary N) is 1. The van der Waals surface area contributed by atoms with Crippen molar-refractivity contribution in [1.82, 2.24) is 20.1 Å². The van der Waals surface area contributed by atoms with E-state index in [1.807, 2.05) is 42.8 Å². The number of hydrogen-bond acceptors (Lipinski definition) is 4. The molecule has 6 heteroatoms. The Balaban J connectivity index is 1.96. The standard InChI is InChI=1S/C22H28N4O2/c1-7-18(20-14(4)25-26(8-2)15(20)5)24-22(27)17-12-16-10-9-11-19(28-6)21(16)23-13(17)3/h9-12,18H,7-8H2,1-6H3,(H,24,27)/t18-/m1/s1. The number of methoxy groups -OCH3 is 1. The van der Waals surface area contributed by atoms with Gasteiger partial charge in [-0.3, -0.25) is 9.48 Å². The number of aromatic nitrogens is 3. The number of aryl methyl sites for hydroxylation is 3. The minimum Gasteiger partial charge on any atom is -0.494 e. The normalized spacial score (nSPS) is 12.2. The van der Waals surface area contributed by atoms with Crippen LogP contribution in [0, 0.1) is 20.8 Å². The van der Waals surface area contributed by atoms with Crippen LogP contribution in [-0.4, -0.2) is 27.8 Å². The number of ether oxygens (including phenoxy) is 1. The zero-order valence-electron chi connectivity index (χ0n) is 17.5. The summed E-state index contributed by atoms with van der Waals surface area (Å²) in [5.74, 6) is 0.585. The lowest BCUT2D eigenvalue weighted by Gasteiger charge is -2.19. The number of pyridine rings is 1. The number of carbonyl (C=O) groups excluding carboxylic acids is 1. The van der Waals surface area contributed by atoms with E-state index in [1.54, 1.807) is 7.11 Å². The molecule has 0 aliphatic heterocycles. The fraction of sp³-hybridized carbons (Fsp3) is 0.409. The maximum atomic E-state index is 13.1. The molecule has 0 saturated carbocycles. The topological polar surface area (TPSA) is 69.0 Å². The van der Waals surface area contributed by atoms with Crippen molar-refractivity contribution in [2.75, 3.05) is 7.11 Å². The first-order valence-corrected chi connectivity index (χ1v) is 9.70. The number of amides is 1. The van der Waals surface area contributed by atoms with Gasteiger partial charge in [-0.1, -0.05) is 19.1 Å². The molecule has 3 rings (SSSR count). The van der Waals surface area contributed by atoms with Crippen LogP contribution in [0.15, 0.2) is 24.3 Å². The molecule has 1 atom stereocenters. The molecule has 0 aliphatic rings. The summed E-state index contributed by atoms with van der Waals surface area (Å²) < 4.78 is 7.37. The second-order valence-electron chi connectivity index (χ2n) is 6.99. The van der Waals surface area contributed by atoms with Crippen LogP contribution < -0.4 is 10.1 Å². The summed E-state index contributed by atoms with van der Waals surface area (Å²) in [6.45, 7) is 10.9. The van der Waals surface area contributed by atoms with Gasteiger partial charge in [0, 0.05) is 23.2 Å². The van der Waals surface area contributed by atoms with Crippen LogP contribution in [-0.2, 0) is 6.54 Å². The van der Waals surface area contributed by atoms with E-state index in [0.717, 1.165) is 40.8 Å². The third kappa shape index (κ3) is 3.46. The molecule has 0 saturated heterocycles. The van der Waals surface area contributed by atoms with Gasteiger partial charge in [0.2, 0.25) is 0 Å². The molecule has 6 nitrogen and oxygen atoms in total. The van der Waals surface area contributed by atoms with Crippen molar-refractivity contribution >= 4 is 16.8 Å². The molecule has 0 radical (unpaired) electrons. The van der Waals surface area contributed by atoms with Gasteiger partial charge in [-0.2, -0.15) is 5.10 Å². The third-order valence-corrected chi connectivity index (χ3v) is 5.26. The zero-order chi connectivity index (χ0) is 20.4. The lowest BCUT2D eigenvalue weighted by atomic mass is 10.0. The highest BCUT2D eigenvalue weighted by Gasteiger charge is 2.23. The van der Waals surface area contributed by atoms with Gasteiger partial charge in [-0.05, 0) is 46.2 Å². The minimum atomic E-state index is -0.121. The van der Waals surface area contributed by atoms with Gasteiger partial charge in [0.1, 0.15) is 11.3 Å². The first-order valence-electron chi connectivity index (χ1n) is 9.70. The molecule has 1 aromatic carbocycles. The fourth-order valence-electron chi connectivity index (χ4n) is 3.80. The Bertz CT molecular complexity index is 1020. The average molecular weight is 380 g/mol. The monoisotopic (exact) mass is 380 g/mol. The van der Waals surface area contributed by atoms with E-state index in [9.17, 15) is 4.79 Å². The third-order valence-electron chi connectivity index (χ3n) is 5.26. The summed E-state index contributed by atoms with van der Waals surface area (Å²) in [5.41, 5.74) is 5.20. The Morgan fingerprint density at radius 3 is 2.57 bits per heavy atom. The van der Waals surface area contributed by atoms with Gasteiger partial charge >= 0.3 is 0 Å². The van der Waals surface area contributed by atoms with Gasteiger partial charge in [-0.15, -0.1) is 0 Å². The second-order valence-corrected chi connectivity index (χ2v) is 6.99. The Morgan fingerprint density at radius 1 is 1.21 bits per heavy atom. The molecule has 2 heterocycles. The summed E-state index contributed by atoms with van der Waals surface area (Å²) >= 11 is 0. The number of rotatable bonds is 6. The summed E-state index contributed by atoms with van der Waals surface area (Å²) in [5, 5.41) is 8.67. The van der Waals surface area contributed by atoms with Crippen LogP contribution in [0.2, 0.25) is 0 Å². The van der Waals surface area contributed by atoms with Crippen molar-refractivity contribution < 1.29 is 9.53 Å². The molecule has 0 bridgehead atoms. The Kier molecular flexibility index (Phi) is 5.68. The van der Waals surface area contributed by atoms with Crippen molar-refractivity contribution in [3.63, 3.8) is 0 Å². The Labute approximate surface area is 165 Å². The van der Waals surface area contributed by atoms with Crippen LogP contribution in [0.3, 0.4) is 0 Å². The van der Waals surface area contributed by atoms with E-state index in [-0.39, 0.29) is 11.9 Å². The van der Waals surface area contributed by atoms with Gasteiger partial charge in [-0.25, -0.2) is 4.98 Å². The number of hydrogen-bond donors (Lipinski definition) is 1. The Hall–Kier alpha value is -2.89. The van der Waals surface area contributed by atoms with Crippen molar-refractivity contribution in [2.24, 2.45) is 0 Å². The van der Waals surface area contributed by atoms with Crippen LogP contribution in [0.5, 0.6) is 5.75 Å². The number of benzene rings is 1. The van der Waals surface area contributed by atoms with Crippen LogP contribution >= 0.6 is 0 Å². The van der Waals surface area contributed by atoms with E-state index < -0.39 is 0 Å². The molecular weight excluding hydrogens is 352 g/mol. The highest BCUT2D eigenvalue weighted by molar-refractivity contribution is 5.99. The number of nitrogens with zero attached hydrogens (tertiary/aromatic N) is 3. The van der Waals surface area contributed by atoms with Crippen molar-refractivity contribution in [3.05, 3.63) is 52.5 Å². The predicted molar refractivity (Wildman–Crippen MR) is 111 cm³/mol. The number of fused-ring (bicyclic) bond motifs is 1. The van der Waals surface area contributed by atoms with Crippen molar-refractivity contribution in [3.8, 4) is 5.75 Å².